The van der Waals surface area contributed by atoms with Crippen molar-refractivity contribution in [2.75, 3.05) is 61.9 Å². The van der Waals surface area contributed by atoms with Crippen LogP contribution >= 0.6 is 0 Å². The molecule has 3 rings (SSSR count). The van der Waals surface area contributed by atoms with Gasteiger partial charge in [0.1, 0.15) is 11.4 Å². The molecule has 29 heavy (non-hydrogen) atoms. The van der Waals surface area contributed by atoms with Crippen molar-refractivity contribution in [1.29, 1.82) is 0 Å². The third-order valence-electron chi connectivity index (χ3n) is 4.72. The molecule has 0 radical (unpaired) electrons. The second kappa shape index (κ2) is 8.34. The van der Waals surface area contributed by atoms with Gasteiger partial charge in [-0.1, -0.05) is 0 Å². The van der Waals surface area contributed by atoms with Gasteiger partial charge in [0.2, 0.25) is 17.8 Å². The number of benzene rings is 1. The van der Waals surface area contributed by atoms with Crippen LogP contribution in [0.1, 0.15) is 6.42 Å². The van der Waals surface area contributed by atoms with Crippen LogP contribution in [-0.4, -0.2) is 63.6 Å². The van der Waals surface area contributed by atoms with E-state index in [9.17, 15) is 9.59 Å². The first kappa shape index (κ1) is 20.4. The lowest BCUT2D eigenvalue weighted by Gasteiger charge is -2.20. The van der Waals surface area contributed by atoms with E-state index in [1.165, 1.54) is 0 Å². The molecule has 1 aromatic heterocycles. The third kappa shape index (κ3) is 4.39. The second-order valence-corrected chi connectivity index (χ2v) is 7.29. The topological polar surface area (TPSA) is 90.9 Å². The van der Waals surface area contributed by atoms with Crippen LogP contribution in [0.15, 0.2) is 30.5 Å². The lowest BCUT2D eigenvalue weighted by Crippen LogP contribution is -2.29. The summed E-state index contributed by atoms with van der Waals surface area (Å²) in [5.74, 6) is 1.11. The number of nitrogens with one attached hydrogen (secondary N) is 1. The predicted octanol–water partition coefficient (Wildman–Crippen LogP) is 1.61. The molecule has 1 N–H and O–H groups in total. The van der Waals surface area contributed by atoms with Crippen molar-refractivity contribution in [3.63, 3.8) is 0 Å². The highest BCUT2D eigenvalue weighted by molar-refractivity contribution is 6.04. The summed E-state index contributed by atoms with van der Waals surface area (Å²) in [7, 11) is 8.99. The molecule has 0 saturated carbocycles. The fraction of sp³-hybridized carbons (Fsp3) is 0.400. The smallest absolute Gasteiger partial charge is 0.229 e. The van der Waals surface area contributed by atoms with E-state index >= 15 is 0 Å². The maximum atomic E-state index is 12.8. The molecule has 0 spiro atoms. The first-order valence-electron chi connectivity index (χ1n) is 9.27. The molecule has 1 aromatic carbocycles. The zero-order valence-corrected chi connectivity index (χ0v) is 17.3. The van der Waals surface area contributed by atoms with Crippen LogP contribution in [0.3, 0.4) is 0 Å². The zero-order chi connectivity index (χ0) is 21.1. The van der Waals surface area contributed by atoms with Gasteiger partial charge in [0.05, 0.1) is 19.2 Å². The standard InChI is InChI=1S/C20H26N6O3/c1-24(2)18-16(11-21-20(23-18)25(3)4)22-19(28)13-10-17(27)26(12-13)14-6-8-15(29-5)9-7-14/h6-9,11,13H,10,12H2,1-5H3,(H,22,28). The number of nitrogens with zero attached hydrogens (tertiary/aromatic N) is 5. The van der Waals surface area contributed by atoms with Gasteiger partial charge in [-0.3, -0.25) is 9.59 Å². The molecule has 1 aliphatic heterocycles. The number of carbonyl (C=O) groups excluding carboxylic acids is 2. The lowest BCUT2D eigenvalue weighted by molar-refractivity contribution is -0.122. The first-order valence-corrected chi connectivity index (χ1v) is 9.27. The van der Waals surface area contributed by atoms with Crippen molar-refractivity contribution in [2.24, 2.45) is 5.92 Å². The van der Waals surface area contributed by atoms with Crippen LogP contribution in [0.25, 0.3) is 0 Å². The highest BCUT2D eigenvalue weighted by Crippen LogP contribution is 2.29. The largest absolute Gasteiger partial charge is 0.497 e. The minimum absolute atomic E-state index is 0.0812. The van der Waals surface area contributed by atoms with Crippen molar-refractivity contribution in [3.05, 3.63) is 30.5 Å². The van der Waals surface area contributed by atoms with Gasteiger partial charge in [0, 0.05) is 46.8 Å². The monoisotopic (exact) mass is 398 g/mol. The van der Waals surface area contributed by atoms with E-state index in [0.717, 1.165) is 5.69 Å². The number of amides is 2. The highest BCUT2D eigenvalue weighted by Gasteiger charge is 2.35. The van der Waals surface area contributed by atoms with Crippen LogP contribution in [0.4, 0.5) is 23.1 Å². The molecule has 2 amide bonds. The van der Waals surface area contributed by atoms with E-state index in [0.29, 0.717) is 29.7 Å². The van der Waals surface area contributed by atoms with E-state index in [4.69, 9.17) is 4.74 Å². The summed E-state index contributed by atoms with van der Waals surface area (Å²) in [6, 6.07) is 7.22. The van der Waals surface area contributed by atoms with E-state index < -0.39 is 5.92 Å². The van der Waals surface area contributed by atoms with Gasteiger partial charge in [-0.15, -0.1) is 0 Å². The number of carbonyl (C=O) groups is 2. The number of hydrogen-bond acceptors (Lipinski definition) is 7. The molecule has 1 atom stereocenters. The van der Waals surface area contributed by atoms with Crippen molar-refractivity contribution in [3.8, 4) is 5.75 Å². The summed E-state index contributed by atoms with van der Waals surface area (Å²) in [5.41, 5.74) is 1.26. The maximum Gasteiger partial charge on any atom is 0.229 e. The molecule has 2 aromatic rings. The molecule has 1 fully saturated rings. The SMILES string of the molecule is COc1ccc(N2CC(C(=O)Nc3cnc(N(C)C)nc3N(C)C)CC2=O)cc1. The first-order chi connectivity index (χ1) is 13.8. The Morgan fingerprint density at radius 1 is 1.17 bits per heavy atom. The van der Waals surface area contributed by atoms with E-state index in [2.05, 4.69) is 15.3 Å². The number of methoxy groups -OCH3 is 1. The molecular weight excluding hydrogens is 372 g/mol. The van der Waals surface area contributed by atoms with Gasteiger partial charge >= 0.3 is 0 Å². The second-order valence-electron chi connectivity index (χ2n) is 7.29. The van der Waals surface area contributed by atoms with Crippen LogP contribution in [0.5, 0.6) is 5.75 Å². The van der Waals surface area contributed by atoms with Crippen LogP contribution in [0, 0.1) is 5.92 Å². The highest BCUT2D eigenvalue weighted by atomic mass is 16.5. The molecule has 9 heteroatoms. The molecule has 0 bridgehead atoms. The summed E-state index contributed by atoms with van der Waals surface area (Å²) in [5, 5.41) is 2.89. The number of rotatable bonds is 6. The van der Waals surface area contributed by atoms with E-state index in [-0.39, 0.29) is 18.2 Å². The summed E-state index contributed by atoms with van der Waals surface area (Å²) >= 11 is 0. The quantitative estimate of drug-likeness (QED) is 0.790. The Balaban J connectivity index is 1.74. The number of hydrogen-bond donors (Lipinski definition) is 1. The molecule has 154 valence electrons. The molecular formula is C20H26N6O3. The lowest BCUT2D eigenvalue weighted by atomic mass is 10.1. The fourth-order valence-corrected chi connectivity index (χ4v) is 3.14. The average Bonchev–Trinajstić information content (AvgIpc) is 3.09. The third-order valence-corrected chi connectivity index (χ3v) is 4.72. The Bertz CT molecular complexity index is 898. The minimum Gasteiger partial charge on any atom is -0.497 e. The zero-order valence-electron chi connectivity index (χ0n) is 17.3. The Morgan fingerprint density at radius 2 is 1.86 bits per heavy atom. The Morgan fingerprint density at radius 3 is 2.45 bits per heavy atom. The number of ether oxygens (including phenoxy) is 1. The van der Waals surface area contributed by atoms with E-state index in [1.807, 2.05) is 45.2 Å². The number of aromatic nitrogens is 2. The minimum atomic E-state index is -0.451. The van der Waals surface area contributed by atoms with E-state index in [1.54, 1.807) is 35.2 Å². The van der Waals surface area contributed by atoms with Gasteiger partial charge in [-0.05, 0) is 24.3 Å². The van der Waals surface area contributed by atoms with Crippen molar-refractivity contribution in [1.82, 2.24) is 9.97 Å². The van der Waals surface area contributed by atoms with Gasteiger partial charge in [0.15, 0.2) is 5.82 Å². The van der Waals surface area contributed by atoms with Gasteiger partial charge < -0.3 is 24.8 Å². The van der Waals surface area contributed by atoms with Crippen LogP contribution < -0.4 is 24.8 Å². The average molecular weight is 398 g/mol. The molecule has 1 aliphatic rings. The molecule has 1 unspecified atom stereocenters. The molecule has 0 aliphatic carbocycles. The normalized spacial score (nSPS) is 16.0. The molecule has 1 saturated heterocycles. The Kier molecular flexibility index (Phi) is 5.86. The van der Waals surface area contributed by atoms with Crippen molar-refractivity contribution >= 4 is 35.0 Å². The number of anilines is 4. The Hall–Kier alpha value is -3.36. The Labute approximate surface area is 170 Å². The van der Waals surface area contributed by atoms with Crippen LogP contribution in [-0.2, 0) is 9.59 Å². The van der Waals surface area contributed by atoms with Crippen molar-refractivity contribution in [2.45, 2.75) is 6.42 Å². The van der Waals surface area contributed by atoms with Crippen molar-refractivity contribution < 1.29 is 14.3 Å². The molecule has 2 heterocycles. The van der Waals surface area contributed by atoms with Gasteiger partial charge in [-0.2, -0.15) is 4.98 Å². The van der Waals surface area contributed by atoms with Gasteiger partial charge in [0.25, 0.3) is 0 Å². The maximum absolute atomic E-state index is 12.8. The van der Waals surface area contributed by atoms with Crippen LogP contribution in [0.2, 0.25) is 0 Å². The molecule has 9 nitrogen and oxygen atoms in total. The summed E-state index contributed by atoms with van der Waals surface area (Å²) in [4.78, 5) is 39.3. The summed E-state index contributed by atoms with van der Waals surface area (Å²) in [6.07, 6.45) is 1.75. The summed E-state index contributed by atoms with van der Waals surface area (Å²) < 4.78 is 5.15. The van der Waals surface area contributed by atoms with Gasteiger partial charge in [-0.25, -0.2) is 4.98 Å². The fourth-order valence-electron chi connectivity index (χ4n) is 3.14. The predicted molar refractivity (Wildman–Crippen MR) is 113 cm³/mol. The summed E-state index contributed by atoms with van der Waals surface area (Å²) in [6.45, 7) is 0.324.